The van der Waals surface area contributed by atoms with E-state index in [0.717, 1.165) is 6.42 Å². The van der Waals surface area contributed by atoms with Gasteiger partial charge in [-0.25, -0.2) is 9.59 Å². The molecule has 0 spiro atoms. The molecule has 0 saturated carbocycles. The molecule has 1 unspecified atom stereocenters. The van der Waals surface area contributed by atoms with E-state index in [2.05, 4.69) is 5.32 Å². The molecule has 0 bridgehead atoms. The van der Waals surface area contributed by atoms with E-state index < -0.39 is 35.3 Å². The average Bonchev–Trinajstić information content (AvgIpc) is 2.59. The Morgan fingerprint density at radius 3 is 2.00 bits per heavy atom. The van der Waals surface area contributed by atoms with Crippen molar-refractivity contribution in [1.82, 2.24) is 5.32 Å². The van der Waals surface area contributed by atoms with Crippen LogP contribution in [0.25, 0.3) is 0 Å². The second-order valence-electron chi connectivity index (χ2n) is 7.36. The second kappa shape index (κ2) is 12.5. The molecule has 10 nitrogen and oxygen atoms in total. The van der Waals surface area contributed by atoms with Gasteiger partial charge in [0.1, 0.15) is 11.6 Å². The largest absolute Gasteiger partial charge is 0.478 e. The van der Waals surface area contributed by atoms with Crippen LogP contribution in [0.5, 0.6) is 0 Å². The number of esters is 1. The van der Waals surface area contributed by atoms with E-state index in [-0.39, 0.29) is 6.04 Å². The fraction of sp³-hybridized carbons (Fsp3) is 0.737. The maximum absolute atomic E-state index is 12.1. The first kappa shape index (κ1) is 27.0. The number of nitrogens with one attached hydrogen (secondary N) is 1. The van der Waals surface area contributed by atoms with Crippen LogP contribution in [-0.2, 0) is 28.6 Å². The highest BCUT2D eigenvalue weighted by molar-refractivity contribution is 5.89. The summed E-state index contributed by atoms with van der Waals surface area (Å²) in [6, 6.07) is -0.948. The molecule has 1 fully saturated rings. The number of carboxylic acid groups (broad SMARTS) is 2. The Labute approximate surface area is 171 Å². The van der Waals surface area contributed by atoms with Gasteiger partial charge in [-0.3, -0.25) is 4.79 Å². The van der Waals surface area contributed by atoms with Crippen molar-refractivity contribution in [2.45, 2.75) is 70.9 Å². The number of nitrogens with two attached hydrogens (primary N) is 1. The summed E-state index contributed by atoms with van der Waals surface area (Å²) >= 11 is 0. The normalized spacial score (nSPS) is 19.7. The van der Waals surface area contributed by atoms with Crippen molar-refractivity contribution in [2.24, 2.45) is 5.73 Å². The Morgan fingerprint density at radius 1 is 1.14 bits per heavy atom. The van der Waals surface area contributed by atoms with Crippen molar-refractivity contribution in [3.8, 4) is 0 Å². The van der Waals surface area contributed by atoms with Crippen molar-refractivity contribution in [3.05, 3.63) is 12.2 Å². The first-order valence-corrected chi connectivity index (χ1v) is 9.49. The molecular weight excluding hydrogens is 384 g/mol. The number of ether oxygens (including phenoxy) is 3. The molecule has 0 amide bonds. The molecule has 1 saturated heterocycles. The summed E-state index contributed by atoms with van der Waals surface area (Å²) in [5, 5.41) is 18.9. The Balaban J connectivity index is 0.000000828. The molecule has 29 heavy (non-hydrogen) atoms. The summed E-state index contributed by atoms with van der Waals surface area (Å²) in [7, 11) is 0. The van der Waals surface area contributed by atoms with Crippen LogP contribution in [0.4, 0.5) is 0 Å². The smallest absolute Gasteiger partial charge is 0.328 e. The van der Waals surface area contributed by atoms with Crippen molar-refractivity contribution < 1.29 is 38.8 Å². The Kier molecular flexibility index (Phi) is 11.7. The maximum Gasteiger partial charge on any atom is 0.328 e. The standard InChI is InChI=1S/C15H30N2O4.C4H4O4/c1-6-19-15(20-7-2)8-9-17-11(10-15)12(16)13(18)21-14(3,4)5;5-3(6)1-2-4(7)8/h11-12,17H,6-10,16H2,1-5H3;1-2H,(H,5,6)(H,7,8)/t11-,12?;/m0./s1. The molecular formula is C19H34N2O8. The molecule has 2 atom stereocenters. The van der Waals surface area contributed by atoms with Crippen LogP contribution in [0.1, 0.15) is 47.5 Å². The fourth-order valence-corrected chi connectivity index (χ4v) is 2.72. The van der Waals surface area contributed by atoms with Gasteiger partial charge in [0.05, 0.1) is 0 Å². The third kappa shape index (κ3) is 11.5. The monoisotopic (exact) mass is 418 g/mol. The van der Waals surface area contributed by atoms with E-state index in [0.29, 0.717) is 38.3 Å². The number of carbonyl (C=O) groups is 3. The van der Waals surface area contributed by atoms with Crippen molar-refractivity contribution in [1.29, 1.82) is 0 Å². The van der Waals surface area contributed by atoms with Crippen LogP contribution in [0.15, 0.2) is 12.2 Å². The molecule has 1 rings (SSSR count). The average molecular weight is 418 g/mol. The molecule has 1 heterocycles. The number of rotatable bonds is 8. The van der Waals surface area contributed by atoms with Gasteiger partial charge in [-0.15, -0.1) is 0 Å². The summed E-state index contributed by atoms with van der Waals surface area (Å²) < 4.78 is 17.0. The van der Waals surface area contributed by atoms with Gasteiger partial charge in [-0.2, -0.15) is 0 Å². The highest BCUT2D eigenvalue weighted by Gasteiger charge is 2.42. The Hall–Kier alpha value is -2.01. The van der Waals surface area contributed by atoms with E-state index in [1.807, 2.05) is 34.6 Å². The van der Waals surface area contributed by atoms with E-state index in [9.17, 15) is 14.4 Å². The number of carboxylic acids is 2. The third-order valence-electron chi connectivity index (χ3n) is 3.74. The number of piperidine rings is 1. The van der Waals surface area contributed by atoms with Crippen LogP contribution in [0.3, 0.4) is 0 Å². The first-order valence-electron chi connectivity index (χ1n) is 9.49. The quantitative estimate of drug-likeness (QED) is 0.253. The summed E-state index contributed by atoms with van der Waals surface area (Å²) in [6.07, 6.45) is 2.39. The highest BCUT2D eigenvalue weighted by atomic mass is 16.7. The zero-order valence-electron chi connectivity index (χ0n) is 17.8. The van der Waals surface area contributed by atoms with Crippen LogP contribution in [0.2, 0.25) is 0 Å². The maximum atomic E-state index is 12.1. The van der Waals surface area contributed by atoms with E-state index in [4.69, 9.17) is 30.2 Å². The minimum atomic E-state index is -1.26. The summed E-state index contributed by atoms with van der Waals surface area (Å²) in [5.74, 6) is -3.57. The van der Waals surface area contributed by atoms with Crippen LogP contribution >= 0.6 is 0 Å². The summed E-state index contributed by atoms with van der Waals surface area (Å²) in [4.78, 5) is 31.2. The topological polar surface area (TPSA) is 157 Å². The molecule has 1 aliphatic rings. The summed E-state index contributed by atoms with van der Waals surface area (Å²) in [6.45, 7) is 11.2. The summed E-state index contributed by atoms with van der Waals surface area (Å²) in [5.41, 5.74) is 5.52. The highest BCUT2D eigenvalue weighted by Crippen LogP contribution is 2.29. The van der Waals surface area contributed by atoms with Gasteiger partial charge in [0.25, 0.3) is 0 Å². The lowest BCUT2D eigenvalue weighted by Gasteiger charge is -2.42. The lowest BCUT2D eigenvalue weighted by molar-refractivity contribution is -0.251. The molecule has 10 heteroatoms. The Bertz CT molecular complexity index is 544. The molecule has 1 aliphatic heterocycles. The van der Waals surface area contributed by atoms with E-state index in [1.54, 1.807) is 0 Å². The van der Waals surface area contributed by atoms with E-state index in [1.165, 1.54) is 0 Å². The zero-order chi connectivity index (χ0) is 22.7. The van der Waals surface area contributed by atoms with Gasteiger partial charge >= 0.3 is 17.9 Å². The fourth-order valence-electron chi connectivity index (χ4n) is 2.72. The SMILES string of the molecule is CCOC1(OCC)CCN[C@H](C(N)C(=O)OC(C)(C)C)C1.O=C(O)C=CC(=O)O. The van der Waals surface area contributed by atoms with Crippen LogP contribution < -0.4 is 11.1 Å². The first-order chi connectivity index (χ1) is 13.4. The minimum absolute atomic E-state index is 0.216. The zero-order valence-corrected chi connectivity index (χ0v) is 17.8. The lowest BCUT2D eigenvalue weighted by atomic mass is 9.93. The van der Waals surface area contributed by atoms with E-state index >= 15 is 0 Å². The predicted molar refractivity (Wildman–Crippen MR) is 105 cm³/mol. The predicted octanol–water partition coefficient (Wildman–Crippen LogP) is 0.889. The minimum Gasteiger partial charge on any atom is -0.478 e. The van der Waals surface area contributed by atoms with Gasteiger partial charge < -0.3 is 35.5 Å². The molecule has 0 aromatic heterocycles. The number of hydrogen-bond donors (Lipinski definition) is 4. The molecule has 0 radical (unpaired) electrons. The number of aliphatic carboxylic acids is 2. The Morgan fingerprint density at radius 2 is 1.62 bits per heavy atom. The number of carbonyl (C=O) groups excluding carboxylic acids is 1. The second-order valence-corrected chi connectivity index (χ2v) is 7.36. The van der Waals surface area contributed by atoms with Gasteiger partial charge in [-0.05, 0) is 34.6 Å². The van der Waals surface area contributed by atoms with Crippen molar-refractivity contribution in [3.63, 3.8) is 0 Å². The molecule has 168 valence electrons. The third-order valence-corrected chi connectivity index (χ3v) is 3.74. The van der Waals surface area contributed by atoms with Gasteiger partial charge in [0.2, 0.25) is 0 Å². The molecule has 0 aromatic rings. The van der Waals surface area contributed by atoms with Crippen molar-refractivity contribution >= 4 is 17.9 Å². The molecule has 5 N–H and O–H groups in total. The van der Waals surface area contributed by atoms with Gasteiger partial charge in [0, 0.05) is 50.8 Å². The molecule has 0 aliphatic carbocycles. The number of hydrogen-bond acceptors (Lipinski definition) is 8. The van der Waals surface area contributed by atoms with Crippen molar-refractivity contribution in [2.75, 3.05) is 19.8 Å². The van der Waals surface area contributed by atoms with Gasteiger partial charge in [-0.1, -0.05) is 0 Å². The van der Waals surface area contributed by atoms with Gasteiger partial charge in [0.15, 0.2) is 5.79 Å². The van der Waals surface area contributed by atoms with Crippen LogP contribution in [0, 0.1) is 0 Å². The molecule has 0 aromatic carbocycles. The lowest BCUT2D eigenvalue weighted by Crippen LogP contribution is -2.60. The van der Waals surface area contributed by atoms with Crippen LogP contribution in [-0.4, -0.2) is 71.4 Å².